The summed E-state index contributed by atoms with van der Waals surface area (Å²) in [5.74, 6) is 2.80. The van der Waals surface area contributed by atoms with Crippen molar-refractivity contribution >= 4 is 29.2 Å². The second-order valence-corrected chi connectivity index (χ2v) is 5.88. The molecule has 0 unspecified atom stereocenters. The summed E-state index contributed by atoms with van der Waals surface area (Å²) >= 11 is 1.26. The van der Waals surface area contributed by atoms with E-state index < -0.39 is 0 Å². The maximum absolute atomic E-state index is 4.30. The summed E-state index contributed by atoms with van der Waals surface area (Å²) in [5, 5.41) is 3.50. The molecule has 1 aliphatic heterocycles. The summed E-state index contributed by atoms with van der Waals surface area (Å²) in [4.78, 5) is 12.8. The molecule has 0 aliphatic carbocycles. The molecule has 0 bridgehead atoms. The lowest BCUT2D eigenvalue weighted by atomic mass is 10.1. The molecule has 8 heteroatoms. The zero-order valence-corrected chi connectivity index (χ0v) is 13.0. The fourth-order valence-corrected chi connectivity index (χ4v) is 2.87. The molecule has 1 N–H and O–H groups in total. The van der Waals surface area contributed by atoms with Crippen LogP contribution in [0.15, 0.2) is 18.6 Å². The van der Waals surface area contributed by atoms with Crippen molar-refractivity contribution < 1.29 is 0 Å². The van der Waals surface area contributed by atoms with Crippen molar-refractivity contribution in [2.75, 3.05) is 42.3 Å². The third kappa shape index (κ3) is 3.38. The summed E-state index contributed by atoms with van der Waals surface area (Å²) in [5.41, 5.74) is 0. The van der Waals surface area contributed by atoms with E-state index >= 15 is 0 Å². The first-order valence-electron chi connectivity index (χ1n) is 7.01. The van der Waals surface area contributed by atoms with Crippen LogP contribution < -0.4 is 15.1 Å². The van der Waals surface area contributed by atoms with Crippen molar-refractivity contribution in [3.05, 3.63) is 18.6 Å². The van der Waals surface area contributed by atoms with Gasteiger partial charge in [-0.15, -0.1) is 0 Å². The minimum absolute atomic E-state index is 0.442. The van der Waals surface area contributed by atoms with E-state index in [4.69, 9.17) is 0 Å². The average Bonchev–Trinajstić information content (AvgIpc) is 3.02. The van der Waals surface area contributed by atoms with Crippen LogP contribution in [-0.2, 0) is 0 Å². The van der Waals surface area contributed by atoms with E-state index in [9.17, 15) is 0 Å². The molecule has 1 fully saturated rings. The summed E-state index contributed by atoms with van der Waals surface area (Å²) in [6.07, 6.45) is 5.58. The number of hydrogen-bond acceptors (Lipinski definition) is 8. The lowest BCUT2D eigenvalue weighted by Gasteiger charge is -2.32. The maximum Gasteiger partial charge on any atom is 0.162 e. The van der Waals surface area contributed by atoms with Gasteiger partial charge in [0.15, 0.2) is 5.82 Å². The Morgan fingerprint density at radius 1 is 1.29 bits per heavy atom. The number of piperidine rings is 1. The van der Waals surface area contributed by atoms with Crippen LogP contribution >= 0.6 is 11.7 Å². The lowest BCUT2D eigenvalue weighted by molar-refractivity contribution is 0.523. The van der Waals surface area contributed by atoms with Crippen molar-refractivity contribution in [3.63, 3.8) is 0 Å². The fourth-order valence-electron chi connectivity index (χ4n) is 2.43. The summed E-state index contributed by atoms with van der Waals surface area (Å²) in [6.45, 7) is 1.99. The van der Waals surface area contributed by atoms with Crippen LogP contribution in [0.1, 0.15) is 12.8 Å². The van der Waals surface area contributed by atoms with Gasteiger partial charge in [-0.3, -0.25) is 0 Å². The van der Waals surface area contributed by atoms with Gasteiger partial charge in [0, 0.05) is 39.3 Å². The predicted molar refractivity (Wildman–Crippen MR) is 85.1 cm³/mol. The predicted octanol–water partition coefficient (Wildman–Crippen LogP) is 1.48. The molecule has 21 heavy (non-hydrogen) atoms. The Morgan fingerprint density at radius 2 is 2.10 bits per heavy atom. The second-order valence-electron chi connectivity index (χ2n) is 5.33. The summed E-state index contributed by atoms with van der Waals surface area (Å²) < 4.78 is 8.35. The van der Waals surface area contributed by atoms with Crippen molar-refractivity contribution in [2.45, 2.75) is 18.9 Å². The number of aromatic nitrogens is 4. The molecule has 2 aromatic rings. The van der Waals surface area contributed by atoms with E-state index in [2.05, 4.69) is 28.9 Å². The molecule has 3 rings (SSSR count). The zero-order chi connectivity index (χ0) is 14.7. The Hall–Kier alpha value is -1.96. The standard InChI is InChI=1S/C13H19N7S/c1-19(2)12-7-11(14-9-15-12)17-10-3-5-20(6-4-10)13-8-16-21-18-13/h7-10H,3-6H2,1-2H3,(H,14,15,17). The van der Waals surface area contributed by atoms with E-state index in [0.717, 1.165) is 43.4 Å². The molecule has 1 saturated heterocycles. The smallest absolute Gasteiger partial charge is 0.162 e. The van der Waals surface area contributed by atoms with Gasteiger partial charge in [-0.2, -0.15) is 8.75 Å². The molecule has 7 nitrogen and oxygen atoms in total. The molecule has 112 valence electrons. The number of nitrogens with zero attached hydrogens (tertiary/aromatic N) is 6. The first-order chi connectivity index (χ1) is 10.2. The van der Waals surface area contributed by atoms with Crippen molar-refractivity contribution in [1.29, 1.82) is 0 Å². The van der Waals surface area contributed by atoms with Gasteiger partial charge in [0.2, 0.25) is 0 Å². The molecule has 3 heterocycles. The van der Waals surface area contributed by atoms with Crippen LogP contribution in [-0.4, -0.2) is 51.9 Å². The van der Waals surface area contributed by atoms with Crippen LogP contribution in [0, 0.1) is 0 Å². The fraction of sp³-hybridized carbons (Fsp3) is 0.538. The molecular weight excluding hydrogens is 286 g/mol. The minimum atomic E-state index is 0.442. The highest BCUT2D eigenvalue weighted by atomic mass is 32.1. The van der Waals surface area contributed by atoms with E-state index in [-0.39, 0.29) is 0 Å². The maximum atomic E-state index is 4.30. The average molecular weight is 305 g/mol. The van der Waals surface area contributed by atoms with Crippen molar-refractivity contribution in [2.24, 2.45) is 0 Å². The Bertz CT molecular complexity index is 564. The quantitative estimate of drug-likeness (QED) is 0.917. The Kier molecular flexibility index (Phi) is 4.14. The Balaban J connectivity index is 1.57. The first-order valence-corrected chi connectivity index (χ1v) is 7.74. The summed E-state index contributed by atoms with van der Waals surface area (Å²) in [6, 6.07) is 2.43. The zero-order valence-electron chi connectivity index (χ0n) is 12.2. The van der Waals surface area contributed by atoms with Crippen LogP contribution in [0.3, 0.4) is 0 Å². The molecular formula is C13H19N7S. The lowest BCUT2D eigenvalue weighted by Crippen LogP contribution is -2.39. The Morgan fingerprint density at radius 3 is 2.76 bits per heavy atom. The van der Waals surface area contributed by atoms with Gasteiger partial charge in [0.25, 0.3) is 0 Å². The largest absolute Gasteiger partial charge is 0.367 e. The second kappa shape index (κ2) is 6.21. The first kappa shape index (κ1) is 14.0. The van der Waals surface area contributed by atoms with Crippen molar-refractivity contribution in [3.8, 4) is 0 Å². The van der Waals surface area contributed by atoms with Gasteiger partial charge in [-0.05, 0) is 12.8 Å². The monoisotopic (exact) mass is 305 g/mol. The third-order valence-corrected chi connectivity index (χ3v) is 4.10. The number of rotatable bonds is 4. The molecule has 0 amide bonds. The molecule has 2 aromatic heterocycles. The van der Waals surface area contributed by atoms with Crippen LogP contribution in [0.4, 0.5) is 17.5 Å². The topological polar surface area (TPSA) is 70.1 Å². The molecule has 0 radical (unpaired) electrons. The molecule has 0 spiro atoms. The van der Waals surface area contributed by atoms with Gasteiger partial charge in [0.1, 0.15) is 18.0 Å². The molecule has 0 atom stereocenters. The molecule has 1 aliphatic rings. The van der Waals surface area contributed by atoms with E-state index in [0.29, 0.717) is 6.04 Å². The van der Waals surface area contributed by atoms with Crippen LogP contribution in [0.25, 0.3) is 0 Å². The Labute approximate surface area is 128 Å². The van der Waals surface area contributed by atoms with Crippen molar-refractivity contribution in [1.82, 2.24) is 18.7 Å². The normalized spacial score (nSPS) is 16.0. The summed E-state index contributed by atoms with van der Waals surface area (Å²) in [7, 11) is 3.96. The van der Waals surface area contributed by atoms with Gasteiger partial charge in [0.05, 0.1) is 17.9 Å². The van der Waals surface area contributed by atoms with Gasteiger partial charge in [-0.25, -0.2) is 9.97 Å². The van der Waals surface area contributed by atoms with E-state index in [1.54, 1.807) is 6.33 Å². The SMILES string of the molecule is CN(C)c1cc(NC2CCN(c3cnsn3)CC2)ncn1. The number of hydrogen-bond donors (Lipinski definition) is 1. The van der Waals surface area contributed by atoms with Gasteiger partial charge in [-0.1, -0.05) is 0 Å². The third-order valence-electron chi connectivity index (χ3n) is 3.63. The van der Waals surface area contributed by atoms with E-state index in [1.165, 1.54) is 11.7 Å². The highest BCUT2D eigenvalue weighted by Crippen LogP contribution is 2.21. The minimum Gasteiger partial charge on any atom is -0.367 e. The van der Waals surface area contributed by atoms with Gasteiger partial charge >= 0.3 is 0 Å². The molecule has 0 aromatic carbocycles. The number of nitrogens with one attached hydrogen (secondary N) is 1. The highest BCUT2D eigenvalue weighted by Gasteiger charge is 2.21. The number of anilines is 3. The van der Waals surface area contributed by atoms with Crippen LogP contribution in [0.2, 0.25) is 0 Å². The van der Waals surface area contributed by atoms with E-state index in [1.807, 2.05) is 31.3 Å². The van der Waals surface area contributed by atoms with Gasteiger partial charge < -0.3 is 15.1 Å². The van der Waals surface area contributed by atoms with Crippen LogP contribution in [0.5, 0.6) is 0 Å². The molecule has 0 saturated carbocycles. The highest BCUT2D eigenvalue weighted by molar-refractivity contribution is 6.99.